The number of carbonyl (C=O) groups excluding carboxylic acids is 2. The molecule has 0 radical (unpaired) electrons. The zero-order chi connectivity index (χ0) is 15.4. The number of ether oxygens (including phenoxy) is 1. The lowest BCUT2D eigenvalue weighted by atomic mass is 9.94. The average molecular weight is 322 g/mol. The zero-order valence-corrected chi connectivity index (χ0v) is 13.5. The summed E-state index contributed by atoms with van der Waals surface area (Å²) < 4.78 is 4.92. The predicted octanol–water partition coefficient (Wildman–Crippen LogP) is 2.86. The van der Waals surface area contributed by atoms with Gasteiger partial charge in [-0.25, -0.2) is 4.79 Å². The van der Waals surface area contributed by atoms with Crippen LogP contribution < -0.4 is 0 Å². The molecule has 1 aromatic rings. The van der Waals surface area contributed by atoms with E-state index in [-0.39, 0.29) is 18.5 Å². The number of amides is 2. The van der Waals surface area contributed by atoms with Gasteiger partial charge < -0.3 is 9.64 Å². The van der Waals surface area contributed by atoms with E-state index in [1.54, 1.807) is 11.3 Å². The van der Waals surface area contributed by atoms with E-state index in [2.05, 4.69) is 11.4 Å². The first kappa shape index (κ1) is 15.3. The highest BCUT2D eigenvalue weighted by molar-refractivity contribution is 7.07. The van der Waals surface area contributed by atoms with Crippen LogP contribution in [0, 0.1) is 0 Å². The molecule has 6 heteroatoms. The molecule has 1 aromatic heterocycles. The minimum absolute atomic E-state index is 0.0388. The van der Waals surface area contributed by atoms with Crippen molar-refractivity contribution in [2.24, 2.45) is 0 Å². The monoisotopic (exact) mass is 322 g/mol. The average Bonchev–Trinajstić information content (AvgIpc) is 3.18. The van der Waals surface area contributed by atoms with Crippen LogP contribution in [0.1, 0.15) is 37.7 Å². The molecule has 1 aliphatic heterocycles. The lowest BCUT2D eigenvalue weighted by Gasteiger charge is -2.35. The van der Waals surface area contributed by atoms with E-state index in [0.717, 1.165) is 12.8 Å². The lowest BCUT2D eigenvalue weighted by molar-refractivity contribution is -0.135. The Hall–Kier alpha value is -1.56. The van der Waals surface area contributed by atoms with Gasteiger partial charge in [-0.05, 0) is 35.2 Å². The summed E-state index contributed by atoms with van der Waals surface area (Å²) in [6.07, 6.45) is 5.40. The molecule has 0 N–H and O–H groups in total. The molecule has 22 heavy (non-hydrogen) atoms. The quantitative estimate of drug-likeness (QED) is 0.837. The first-order chi connectivity index (χ1) is 10.7. The maximum absolute atomic E-state index is 12.8. The van der Waals surface area contributed by atoms with Gasteiger partial charge in [0.05, 0.1) is 6.54 Å². The minimum atomic E-state index is -0.368. The molecule has 0 spiro atoms. The molecule has 2 fully saturated rings. The van der Waals surface area contributed by atoms with E-state index in [4.69, 9.17) is 4.74 Å². The van der Waals surface area contributed by atoms with Gasteiger partial charge in [0.1, 0.15) is 13.2 Å². The summed E-state index contributed by atoms with van der Waals surface area (Å²) in [7, 11) is 0. The van der Waals surface area contributed by atoms with Gasteiger partial charge in [0.15, 0.2) is 0 Å². The second-order valence-corrected chi connectivity index (χ2v) is 6.76. The van der Waals surface area contributed by atoms with Gasteiger partial charge in [0.2, 0.25) is 5.91 Å². The third-order valence-corrected chi connectivity index (χ3v) is 5.17. The maximum Gasteiger partial charge on any atom is 0.410 e. The van der Waals surface area contributed by atoms with Crippen molar-refractivity contribution in [3.63, 3.8) is 0 Å². The van der Waals surface area contributed by atoms with E-state index < -0.39 is 0 Å². The van der Waals surface area contributed by atoms with Crippen molar-refractivity contribution in [1.29, 1.82) is 0 Å². The first-order valence-corrected chi connectivity index (χ1v) is 8.90. The van der Waals surface area contributed by atoms with Crippen LogP contribution >= 0.6 is 11.3 Å². The second kappa shape index (κ2) is 7.13. The summed E-state index contributed by atoms with van der Waals surface area (Å²) in [4.78, 5) is 27.8. The Morgan fingerprint density at radius 2 is 2.18 bits per heavy atom. The van der Waals surface area contributed by atoms with Crippen molar-refractivity contribution in [2.45, 2.75) is 44.7 Å². The molecular weight excluding hydrogens is 300 g/mol. The van der Waals surface area contributed by atoms with Crippen LogP contribution in [0.15, 0.2) is 16.8 Å². The smallest absolute Gasteiger partial charge is 0.410 e. The van der Waals surface area contributed by atoms with Crippen LogP contribution in [0.4, 0.5) is 4.79 Å². The molecule has 1 aliphatic carbocycles. The summed E-state index contributed by atoms with van der Waals surface area (Å²) in [6.45, 7) is 1.69. The SMILES string of the molecule is O=C1OCCN1CC(=O)N(Cc1ccsc1)C1CCCCC1. The summed E-state index contributed by atoms with van der Waals surface area (Å²) in [5.41, 5.74) is 1.17. The van der Waals surface area contributed by atoms with Gasteiger partial charge in [-0.2, -0.15) is 11.3 Å². The Labute approximate surface area is 134 Å². The molecule has 0 bridgehead atoms. The maximum atomic E-state index is 12.8. The molecule has 0 aromatic carbocycles. The third kappa shape index (κ3) is 3.61. The van der Waals surface area contributed by atoms with E-state index in [1.807, 2.05) is 10.3 Å². The molecule has 5 nitrogen and oxygen atoms in total. The summed E-state index contributed by atoms with van der Waals surface area (Å²) in [6, 6.07) is 2.37. The molecule has 2 amide bonds. The Balaban J connectivity index is 1.68. The Morgan fingerprint density at radius 1 is 1.36 bits per heavy atom. The minimum Gasteiger partial charge on any atom is -0.448 e. The summed E-state index contributed by atoms with van der Waals surface area (Å²) in [5, 5.41) is 4.13. The Kier molecular flexibility index (Phi) is 4.97. The fraction of sp³-hybridized carbons (Fsp3) is 0.625. The van der Waals surface area contributed by atoms with Crippen LogP contribution in [-0.2, 0) is 16.1 Å². The van der Waals surface area contributed by atoms with E-state index in [0.29, 0.717) is 25.7 Å². The Bertz CT molecular complexity index is 511. The van der Waals surface area contributed by atoms with Gasteiger partial charge in [-0.1, -0.05) is 19.3 Å². The molecule has 0 unspecified atom stereocenters. The lowest BCUT2D eigenvalue weighted by Crippen LogP contribution is -2.46. The van der Waals surface area contributed by atoms with Crippen molar-refractivity contribution in [3.05, 3.63) is 22.4 Å². The number of thiophene rings is 1. The van der Waals surface area contributed by atoms with E-state index in [1.165, 1.54) is 29.7 Å². The zero-order valence-electron chi connectivity index (χ0n) is 12.7. The van der Waals surface area contributed by atoms with Gasteiger partial charge in [-0.15, -0.1) is 0 Å². The van der Waals surface area contributed by atoms with Crippen molar-refractivity contribution in [1.82, 2.24) is 9.80 Å². The van der Waals surface area contributed by atoms with Gasteiger partial charge in [0.25, 0.3) is 0 Å². The Morgan fingerprint density at radius 3 is 2.82 bits per heavy atom. The molecule has 1 saturated carbocycles. The standard InChI is InChI=1S/C16H22N2O3S/c19-15(11-17-7-8-21-16(17)20)18(10-13-6-9-22-12-13)14-4-2-1-3-5-14/h6,9,12,14H,1-5,7-8,10-11H2. The highest BCUT2D eigenvalue weighted by Crippen LogP contribution is 2.25. The normalized spacial score (nSPS) is 19.3. The molecule has 1 saturated heterocycles. The van der Waals surface area contributed by atoms with Gasteiger partial charge >= 0.3 is 6.09 Å². The molecular formula is C16H22N2O3S. The topological polar surface area (TPSA) is 49.9 Å². The van der Waals surface area contributed by atoms with Crippen LogP contribution in [0.2, 0.25) is 0 Å². The van der Waals surface area contributed by atoms with Crippen molar-refractivity contribution >= 4 is 23.3 Å². The van der Waals surface area contributed by atoms with Crippen LogP contribution in [0.3, 0.4) is 0 Å². The number of nitrogens with zero attached hydrogens (tertiary/aromatic N) is 2. The highest BCUT2D eigenvalue weighted by Gasteiger charge is 2.30. The third-order valence-electron chi connectivity index (χ3n) is 4.44. The fourth-order valence-corrected chi connectivity index (χ4v) is 3.88. The largest absolute Gasteiger partial charge is 0.448 e. The van der Waals surface area contributed by atoms with Crippen LogP contribution in [0.25, 0.3) is 0 Å². The van der Waals surface area contributed by atoms with Gasteiger partial charge in [0, 0.05) is 12.6 Å². The van der Waals surface area contributed by atoms with Crippen LogP contribution in [-0.4, -0.2) is 47.5 Å². The van der Waals surface area contributed by atoms with Crippen molar-refractivity contribution in [3.8, 4) is 0 Å². The van der Waals surface area contributed by atoms with E-state index in [9.17, 15) is 9.59 Å². The molecule has 2 aliphatic rings. The van der Waals surface area contributed by atoms with Crippen molar-refractivity contribution < 1.29 is 14.3 Å². The van der Waals surface area contributed by atoms with Crippen molar-refractivity contribution in [2.75, 3.05) is 19.7 Å². The number of hydrogen-bond donors (Lipinski definition) is 0. The first-order valence-electron chi connectivity index (χ1n) is 7.96. The summed E-state index contributed by atoms with van der Waals surface area (Å²) in [5.74, 6) is 0.0388. The van der Waals surface area contributed by atoms with E-state index >= 15 is 0 Å². The molecule has 120 valence electrons. The number of rotatable bonds is 5. The second-order valence-electron chi connectivity index (χ2n) is 5.98. The summed E-state index contributed by atoms with van der Waals surface area (Å²) >= 11 is 1.65. The highest BCUT2D eigenvalue weighted by atomic mass is 32.1. The van der Waals surface area contributed by atoms with Gasteiger partial charge in [-0.3, -0.25) is 9.69 Å². The molecule has 3 rings (SSSR count). The van der Waals surface area contributed by atoms with Crippen LogP contribution in [0.5, 0.6) is 0 Å². The predicted molar refractivity (Wildman–Crippen MR) is 84.7 cm³/mol. The fourth-order valence-electron chi connectivity index (χ4n) is 3.22. The molecule has 2 heterocycles. The number of hydrogen-bond acceptors (Lipinski definition) is 4. The number of cyclic esters (lactones) is 1. The number of carbonyl (C=O) groups is 2. The molecule has 0 atom stereocenters.